The highest BCUT2D eigenvalue weighted by Gasteiger charge is 2.17. The van der Waals surface area contributed by atoms with Crippen LogP contribution in [0.2, 0.25) is 0 Å². The molecule has 2 aromatic rings. The predicted molar refractivity (Wildman–Crippen MR) is 86.7 cm³/mol. The zero-order valence-corrected chi connectivity index (χ0v) is 13.3. The molecule has 1 nitrogen and oxygen atoms in total. The molecule has 0 bridgehead atoms. The lowest BCUT2D eigenvalue weighted by atomic mass is 10.1. The van der Waals surface area contributed by atoms with Crippen LogP contribution < -0.4 is 0 Å². The predicted octanol–water partition coefficient (Wildman–Crippen LogP) is 4.98. The zero-order chi connectivity index (χ0) is 14.7. The van der Waals surface area contributed by atoms with E-state index in [9.17, 15) is 4.79 Å². The largest absolute Gasteiger partial charge is 0.293 e. The maximum absolute atomic E-state index is 12.4. The Morgan fingerprint density at radius 2 is 1.55 bits per heavy atom. The third kappa shape index (κ3) is 3.51. The molecule has 0 N–H and O–H groups in total. The minimum atomic E-state index is -0.0703. The Morgan fingerprint density at radius 3 is 2.15 bits per heavy atom. The van der Waals surface area contributed by atoms with E-state index in [-0.39, 0.29) is 11.0 Å². The summed E-state index contributed by atoms with van der Waals surface area (Å²) in [7, 11) is 0. The van der Waals surface area contributed by atoms with Crippen LogP contribution in [0.25, 0.3) is 0 Å². The number of ketones is 1. The molecule has 0 radical (unpaired) electrons. The van der Waals surface area contributed by atoms with Crippen LogP contribution in [0.5, 0.6) is 0 Å². The van der Waals surface area contributed by atoms with Gasteiger partial charge in [-0.1, -0.05) is 47.5 Å². The van der Waals surface area contributed by atoms with E-state index in [1.807, 2.05) is 38.1 Å². The second kappa shape index (κ2) is 6.27. The van der Waals surface area contributed by atoms with E-state index in [2.05, 4.69) is 32.0 Å². The quantitative estimate of drug-likeness (QED) is 0.582. The summed E-state index contributed by atoms with van der Waals surface area (Å²) in [5, 5.41) is -0.0703. The highest BCUT2D eigenvalue weighted by Crippen LogP contribution is 2.29. The molecular weight excluding hydrogens is 264 g/mol. The van der Waals surface area contributed by atoms with Crippen molar-refractivity contribution in [1.82, 2.24) is 0 Å². The lowest BCUT2D eigenvalue weighted by molar-refractivity contribution is 0.0994. The van der Waals surface area contributed by atoms with Gasteiger partial charge in [-0.3, -0.25) is 4.79 Å². The van der Waals surface area contributed by atoms with E-state index in [1.54, 1.807) is 11.8 Å². The fourth-order valence-corrected chi connectivity index (χ4v) is 3.14. The van der Waals surface area contributed by atoms with Crippen molar-refractivity contribution in [2.24, 2.45) is 0 Å². The van der Waals surface area contributed by atoms with E-state index in [0.717, 1.165) is 5.56 Å². The fourth-order valence-electron chi connectivity index (χ4n) is 2.13. The molecule has 0 saturated carbocycles. The first-order valence-electron chi connectivity index (χ1n) is 6.82. The summed E-state index contributed by atoms with van der Waals surface area (Å²) in [6.45, 7) is 8.19. The average molecular weight is 284 g/mol. The Labute approximate surface area is 125 Å². The van der Waals surface area contributed by atoms with E-state index in [1.165, 1.54) is 21.6 Å². The SMILES string of the molecule is Cc1ccc(C(=O)C(C)Sc2ccc(C)cc2C)cc1. The molecule has 2 heteroatoms. The molecule has 20 heavy (non-hydrogen) atoms. The van der Waals surface area contributed by atoms with Gasteiger partial charge in [0.15, 0.2) is 5.78 Å². The third-order valence-electron chi connectivity index (χ3n) is 3.34. The first-order valence-corrected chi connectivity index (χ1v) is 7.70. The monoisotopic (exact) mass is 284 g/mol. The molecule has 0 aromatic heterocycles. The zero-order valence-electron chi connectivity index (χ0n) is 12.4. The highest BCUT2D eigenvalue weighted by atomic mass is 32.2. The first kappa shape index (κ1) is 14.9. The molecule has 1 atom stereocenters. The van der Waals surface area contributed by atoms with Crippen LogP contribution in [0.4, 0.5) is 0 Å². The number of benzene rings is 2. The summed E-state index contributed by atoms with van der Waals surface area (Å²) in [4.78, 5) is 13.6. The summed E-state index contributed by atoms with van der Waals surface area (Å²) < 4.78 is 0. The van der Waals surface area contributed by atoms with E-state index >= 15 is 0 Å². The molecule has 0 saturated heterocycles. The summed E-state index contributed by atoms with van der Waals surface area (Å²) >= 11 is 1.64. The Balaban J connectivity index is 2.13. The van der Waals surface area contributed by atoms with Crippen molar-refractivity contribution in [3.8, 4) is 0 Å². The highest BCUT2D eigenvalue weighted by molar-refractivity contribution is 8.00. The van der Waals surface area contributed by atoms with Crippen LogP contribution in [0, 0.1) is 20.8 Å². The van der Waals surface area contributed by atoms with Gasteiger partial charge in [0.2, 0.25) is 0 Å². The van der Waals surface area contributed by atoms with Crippen molar-refractivity contribution in [2.75, 3.05) is 0 Å². The van der Waals surface area contributed by atoms with Crippen LogP contribution in [0.3, 0.4) is 0 Å². The molecule has 2 aromatic carbocycles. The Morgan fingerprint density at radius 1 is 0.950 bits per heavy atom. The number of Topliss-reactive ketones (excluding diaryl/α,β-unsaturated/α-hetero) is 1. The van der Waals surface area contributed by atoms with Crippen molar-refractivity contribution in [2.45, 2.75) is 37.8 Å². The van der Waals surface area contributed by atoms with Crippen molar-refractivity contribution in [3.05, 3.63) is 64.7 Å². The van der Waals surface area contributed by atoms with Gasteiger partial charge in [-0.25, -0.2) is 0 Å². The summed E-state index contributed by atoms with van der Waals surface area (Å²) in [5.74, 6) is 0.190. The Bertz CT molecular complexity index is 614. The van der Waals surface area contributed by atoms with Gasteiger partial charge in [0.25, 0.3) is 0 Å². The van der Waals surface area contributed by atoms with Crippen molar-refractivity contribution < 1.29 is 4.79 Å². The van der Waals surface area contributed by atoms with Gasteiger partial charge in [-0.05, 0) is 39.3 Å². The summed E-state index contributed by atoms with van der Waals surface area (Å²) in [6.07, 6.45) is 0. The van der Waals surface area contributed by atoms with Gasteiger partial charge < -0.3 is 0 Å². The molecule has 0 amide bonds. The normalized spacial score (nSPS) is 12.2. The van der Waals surface area contributed by atoms with E-state index in [0.29, 0.717) is 0 Å². The van der Waals surface area contributed by atoms with Crippen LogP contribution >= 0.6 is 11.8 Å². The molecule has 2 rings (SSSR count). The minimum Gasteiger partial charge on any atom is -0.293 e. The molecule has 0 spiro atoms. The Kier molecular flexibility index (Phi) is 4.66. The van der Waals surface area contributed by atoms with Crippen molar-refractivity contribution in [1.29, 1.82) is 0 Å². The molecule has 0 fully saturated rings. The molecule has 0 aliphatic carbocycles. The van der Waals surface area contributed by atoms with Gasteiger partial charge in [0.1, 0.15) is 0 Å². The second-order valence-corrected chi connectivity index (χ2v) is 6.64. The molecule has 0 aliphatic rings. The number of carbonyl (C=O) groups is 1. The number of carbonyl (C=O) groups excluding carboxylic acids is 1. The fraction of sp³-hybridized carbons (Fsp3) is 0.278. The van der Waals surface area contributed by atoms with Crippen molar-refractivity contribution >= 4 is 17.5 Å². The number of hydrogen-bond acceptors (Lipinski definition) is 2. The third-order valence-corrected chi connectivity index (χ3v) is 4.62. The number of hydrogen-bond donors (Lipinski definition) is 0. The van der Waals surface area contributed by atoms with E-state index < -0.39 is 0 Å². The summed E-state index contributed by atoms with van der Waals surface area (Å²) in [6, 6.07) is 14.2. The first-order chi connectivity index (χ1) is 9.47. The van der Waals surface area contributed by atoms with Gasteiger partial charge in [0, 0.05) is 10.5 Å². The molecule has 0 aliphatic heterocycles. The van der Waals surface area contributed by atoms with Gasteiger partial charge in [-0.15, -0.1) is 11.8 Å². The Hall–Kier alpha value is -1.54. The number of thioether (sulfide) groups is 1. The maximum atomic E-state index is 12.4. The summed E-state index contributed by atoms with van der Waals surface area (Å²) in [5.41, 5.74) is 4.46. The molecule has 0 heterocycles. The van der Waals surface area contributed by atoms with Crippen LogP contribution in [0.1, 0.15) is 34.0 Å². The van der Waals surface area contributed by atoms with Gasteiger partial charge >= 0.3 is 0 Å². The van der Waals surface area contributed by atoms with Crippen molar-refractivity contribution in [3.63, 3.8) is 0 Å². The molecule has 1 unspecified atom stereocenters. The maximum Gasteiger partial charge on any atom is 0.175 e. The lowest BCUT2D eigenvalue weighted by Crippen LogP contribution is -2.13. The smallest absolute Gasteiger partial charge is 0.175 e. The molecule has 104 valence electrons. The number of rotatable bonds is 4. The standard InChI is InChI=1S/C18H20OS/c1-12-5-8-16(9-6-12)18(19)15(4)20-17-10-7-13(2)11-14(17)3/h5-11,15H,1-4H3. The van der Waals surface area contributed by atoms with Crippen LogP contribution in [-0.2, 0) is 0 Å². The van der Waals surface area contributed by atoms with Crippen LogP contribution in [0.15, 0.2) is 47.4 Å². The average Bonchev–Trinajstić information content (AvgIpc) is 2.42. The van der Waals surface area contributed by atoms with Crippen LogP contribution in [-0.4, -0.2) is 11.0 Å². The topological polar surface area (TPSA) is 17.1 Å². The molecular formula is C18H20OS. The minimum absolute atomic E-state index is 0.0703. The van der Waals surface area contributed by atoms with E-state index in [4.69, 9.17) is 0 Å². The second-order valence-electron chi connectivity index (χ2n) is 5.26. The lowest BCUT2D eigenvalue weighted by Gasteiger charge is -2.13. The number of aryl methyl sites for hydroxylation is 3. The van der Waals surface area contributed by atoms with Gasteiger partial charge in [-0.2, -0.15) is 0 Å². The van der Waals surface area contributed by atoms with Gasteiger partial charge in [0.05, 0.1) is 5.25 Å².